The van der Waals surface area contributed by atoms with Crippen molar-refractivity contribution in [1.29, 1.82) is 0 Å². The van der Waals surface area contributed by atoms with E-state index in [2.05, 4.69) is 0 Å². The fourth-order valence-electron chi connectivity index (χ4n) is 5.36. The zero-order chi connectivity index (χ0) is 29.9. The van der Waals surface area contributed by atoms with Crippen LogP contribution in [0.15, 0.2) is 58.9 Å². The van der Waals surface area contributed by atoms with Crippen molar-refractivity contribution in [1.82, 2.24) is 9.80 Å². The van der Waals surface area contributed by atoms with Gasteiger partial charge >= 0.3 is 11.9 Å². The molecule has 0 atom stereocenters. The van der Waals surface area contributed by atoms with Gasteiger partial charge in [-0.25, -0.2) is 9.59 Å². The van der Waals surface area contributed by atoms with Gasteiger partial charge < -0.3 is 29.5 Å². The average molecular weight is 574 g/mol. The maximum Gasteiger partial charge on any atom is 0.334 e. The summed E-state index contributed by atoms with van der Waals surface area (Å²) >= 11 is 6.43. The molecule has 11 nitrogen and oxygen atoms in total. The number of hydrogen-bond donors (Lipinski definition) is 2. The van der Waals surface area contributed by atoms with E-state index in [1.165, 1.54) is 19.1 Å². The number of allylic oxidation sites excluding steroid dienone is 2. The lowest BCUT2D eigenvalue weighted by Gasteiger charge is -2.43. The summed E-state index contributed by atoms with van der Waals surface area (Å²) in [6, 6.07) is 9.19. The van der Waals surface area contributed by atoms with Gasteiger partial charge in [-0.3, -0.25) is 10.1 Å². The van der Waals surface area contributed by atoms with Crippen LogP contribution in [-0.2, 0) is 21.5 Å². The maximum absolute atomic E-state index is 12.7. The van der Waals surface area contributed by atoms with E-state index < -0.39 is 22.3 Å². The first kappa shape index (κ1) is 30.5. The Kier molecular flexibility index (Phi) is 9.11. The minimum atomic E-state index is -1.77. The molecule has 0 saturated heterocycles. The van der Waals surface area contributed by atoms with Crippen LogP contribution in [0.4, 0.5) is 5.69 Å². The van der Waals surface area contributed by atoms with E-state index in [1.54, 1.807) is 33.0 Å². The number of carbonyl (C=O) groups is 2. The summed E-state index contributed by atoms with van der Waals surface area (Å²) in [6.07, 6.45) is 0. The monoisotopic (exact) mass is 573 g/mol. The number of nitrogens with zero attached hydrogens (tertiary/aromatic N) is 3. The van der Waals surface area contributed by atoms with Gasteiger partial charge in [-0.2, -0.15) is 0 Å². The molecule has 2 aromatic carbocycles. The highest BCUT2D eigenvalue weighted by Gasteiger charge is 2.50. The van der Waals surface area contributed by atoms with Crippen molar-refractivity contribution in [3.8, 4) is 11.5 Å². The van der Waals surface area contributed by atoms with E-state index >= 15 is 0 Å². The normalized spacial score (nSPS) is 14.9. The molecule has 40 heavy (non-hydrogen) atoms. The van der Waals surface area contributed by atoms with Crippen LogP contribution >= 0.6 is 11.6 Å². The summed E-state index contributed by atoms with van der Waals surface area (Å²) in [6.45, 7) is 5.91. The molecule has 3 rings (SSSR count). The first-order valence-corrected chi connectivity index (χ1v) is 12.7. The Morgan fingerprint density at radius 1 is 1.02 bits per heavy atom. The molecular formula is C28H32ClN3O8. The summed E-state index contributed by atoms with van der Waals surface area (Å²) < 4.78 is 10.7. The Morgan fingerprint density at radius 3 is 2.10 bits per heavy atom. The maximum atomic E-state index is 12.7. The number of aliphatic carboxylic acids is 2. The third kappa shape index (κ3) is 5.61. The predicted octanol–water partition coefficient (Wildman–Crippen LogP) is 4.69. The first-order chi connectivity index (χ1) is 18.8. The lowest BCUT2D eigenvalue weighted by Crippen LogP contribution is -2.45. The second-order valence-electron chi connectivity index (χ2n) is 9.66. The number of carboxylic acid groups (broad SMARTS) is 2. The highest BCUT2D eigenvalue weighted by Crippen LogP contribution is 2.49. The van der Waals surface area contributed by atoms with Gasteiger partial charge in [0.05, 0.1) is 35.7 Å². The molecule has 0 spiro atoms. The van der Waals surface area contributed by atoms with Crippen LogP contribution in [0.2, 0.25) is 5.02 Å². The number of nitro benzene ring substituents is 1. The van der Waals surface area contributed by atoms with Crippen molar-refractivity contribution in [2.24, 2.45) is 0 Å². The average Bonchev–Trinajstić information content (AvgIpc) is 2.87. The number of methoxy groups -OCH3 is 2. The number of benzene rings is 2. The van der Waals surface area contributed by atoms with Crippen LogP contribution in [0.1, 0.15) is 31.9 Å². The molecular weight excluding hydrogens is 542 g/mol. The molecule has 1 heterocycles. The second-order valence-corrected chi connectivity index (χ2v) is 10.1. The number of halogens is 1. The van der Waals surface area contributed by atoms with Crippen molar-refractivity contribution in [3.63, 3.8) is 0 Å². The van der Waals surface area contributed by atoms with Gasteiger partial charge in [0.25, 0.3) is 5.69 Å². The molecule has 2 aromatic rings. The summed E-state index contributed by atoms with van der Waals surface area (Å²) in [5.74, 6) is -1.49. The fourth-order valence-corrected chi connectivity index (χ4v) is 5.67. The number of non-ortho nitro benzene ring substituents is 1. The number of nitro groups is 1. The largest absolute Gasteiger partial charge is 0.493 e. The van der Waals surface area contributed by atoms with Crippen LogP contribution in [0, 0.1) is 10.1 Å². The Bertz CT molecular complexity index is 1380. The number of hydrogen-bond acceptors (Lipinski definition) is 8. The summed E-state index contributed by atoms with van der Waals surface area (Å²) in [7, 11) is 5.01. The molecule has 0 fully saturated rings. The number of carboxylic acids is 2. The Morgan fingerprint density at radius 2 is 1.60 bits per heavy atom. The minimum Gasteiger partial charge on any atom is -0.493 e. The topological polar surface area (TPSA) is 143 Å². The Hall–Kier alpha value is -4.09. The lowest BCUT2D eigenvalue weighted by atomic mass is 9.66. The van der Waals surface area contributed by atoms with E-state index in [9.17, 15) is 29.9 Å². The number of ether oxygens (including phenoxy) is 2. The van der Waals surface area contributed by atoms with Gasteiger partial charge in [-0.1, -0.05) is 17.7 Å². The summed E-state index contributed by atoms with van der Waals surface area (Å²) in [5, 5.41) is 32.2. The Labute approximate surface area is 237 Å². The second kappa shape index (κ2) is 12.0. The molecule has 0 aliphatic carbocycles. The van der Waals surface area contributed by atoms with Crippen LogP contribution in [0.3, 0.4) is 0 Å². The molecule has 1 aliphatic rings. The van der Waals surface area contributed by atoms with Crippen molar-refractivity contribution < 1.29 is 34.2 Å². The van der Waals surface area contributed by atoms with Gasteiger partial charge in [0.2, 0.25) is 0 Å². The SMILES string of the molecule is COc1ccc(CN(C)CCN2C(C)=C(C(=O)O)C(C)(c3cc([N+](=O)[O-])ccc3Cl)C(C(=O)O)=C2C)cc1OC. The molecule has 0 aromatic heterocycles. The van der Waals surface area contributed by atoms with Crippen molar-refractivity contribution >= 4 is 29.2 Å². The standard InChI is InChI=1S/C28H32ClN3O8/c1-16-24(26(33)34)28(3,20-14-19(32(37)38)8-9-21(20)29)25(27(35)36)17(2)31(16)12-11-30(4)15-18-7-10-22(39-5)23(13-18)40-6/h7-10,13-14H,11-12,15H2,1-6H3,(H,33,34)(H,35,36). The molecule has 2 N–H and O–H groups in total. The smallest absolute Gasteiger partial charge is 0.334 e. The number of rotatable bonds is 11. The molecule has 0 radical (unpaired) electrons. The van der Waals surface area contributed by atoms with Crippen molar-refractivity contribution in [2.45, 2.75) is 32.7 Å². The van der Waals surface area contributed by atoms with Gasteiger partial charge in [-0.05, 0) is 57.1 Å². The molecule has 0 bridgehead atoms. The highest BCUT2D eigenvalue weighted by molar-refractivity contribution is 6.31. The van der Waals surface area contributed by atoms with E-state index in [-0.39, 0.29) is 34.0 Å². The van der Waals surface area contributed by atoms with Crippen LogP contribution in [-0.4, -0.2) is 71.2 Å². The van der Waals surface area contributed by atoms with Crippen molar-refractivity contribution in [2.75, 3.05) is 34.4 Å². The third-order valence-electron chi connectivity index (χ3n) is 7.27. The third-order valence-corrected chi connectivity index (χ3v) is 7.60. The summed E-state index contributed by atoms with van der Waals surface area (Å²) in [4.78, 5) is 39.9. The number of likely N-dealkylation sites (N-methyl/N-ethyl adjacent to an activating group) is 1. The van der Waals surface area contributed by atoms with E-state index in [1.807, 2.05) is 30.1 Å². The molecule has 0 saturated carbocycles. The van der Waals surface area contributed by atoms with Crippen molar-refractivity contribution in [3.05, 3.63) is 85.2 Å². The van der Waals surface area contributed by atoms with Gasteiger partial charge in [0, 0.05) is 48.2 Å². The summed E-state index contributed by atoms with van der Waals surface area (Å²) in [5.41, 5.74) is -0.910. The van der Waals surface area contributed by atoms with Crippen LogP contribution < -0.4 is 9.47 Å². The van der Waals surface area contributed by atoms with Gasteiger partial charge in [-0.15, -0.1) is 0 Å². The van der Waals surface area contributed by atoms with Gasteiger partial charge in [0.15, 0.2) is 11.5 Å². The first-order valence-electron chi connectivity index (χ1n) is 12.3. The zero-order valence-corrected chi connectivity index (χ0v) is 23.9. The molecule has 214 valence electrons. The lowest BCUT2D eigenvalue weighted by molar-refractivity contribution is -0.384. The molecule has 0 unspecified atom stereocenters. The van der Waals surface area contributed by atoms with E-state index in [0.717, 1.165) is 11.6 Å². The molecule has 1 aliphatic heterocycles. The minimum absolute atomic E-state index is 0.0225. The van der Waals surface area contributed by atoms with Crippen LogP contribution in [0.25, 0.3) is 0 Å². The zero-order valence-electron chi connectivity index (χ0n) is 23.1. The van der Waals surface area contributed by atoms with Crippen LogP contribution in [0.5, 0.6) is 11.5 Å². The Balaban J connectivity index is 2.02. The quantitative estimate of drug-likeness (QED) is 0.287. The van der Waals surface area contributed by atoms with E-state index in [4.69, 9.17) is 21.1 Å². The predicted molar refractivity (Wildman–Crippen MR) is 149 cm³/mol. The van der Waals surface area contributed by atoms with E-state index in [0.29, 0.717) is 36.0 Å². The molecule has 0 amide bonds. The fraction of sp³-hybridized carbons (Fsp3) is 0.357. The van der Waals surface area contributed by atoms with Gasteiger partial charge in [0.1, 0.15) is 0 Å². The molecule has 12 heteroatoms. The highest BCUT2D eigenvalue weighted by atomic mass is 35.5.